The Hall–Kier alpha value is -3.83. The summed E-state index contributed by atoms with van der Waals surface area (Å²) < 4.78 is 13.7. The minimum absolute atomic E-state index is 0.0218. The molecule has 11 heteroatoms. The number of ether oxygens (including phenoxy) is 2. The van der Waals surface area contributed by atoms with Crippen LogP contribution >= 0.6 is 0 Å². The van der Waals surface area contributed by atoms with Gasteiger partial charge in [-0.2, -0.15) is 0 Å². The van der Waals surface area contributed by atoms with E-state index in [9.17, 15) is 19.5 Å². The van der Waals surface area contributed by atoms with Crippen molar-refractivity contribution in [3.63, 3.8) is 0 Å². The summed E-state index contributed by atoms with van der Waals surface area (Å²) in [7, 11) is 0. The van der Waals surface area contributed by atoms with E-state index in [1.54, 1.807) is 11.6 Å². The number of aromatic nitrogens is 3. The Labute approximate surface area is 231 Å². The lowest BCUT2D eigenvalue weighted by atomic mass is 9.65. The van der Waals surface area contributed by atoms with Gasteiger partial charge in [0.15, 0.2) is 0 Å². The smallest absolute Gasteiger partial charge is 0.312 e. The highest BCUT2D eigenvalue weighted by Crippen LogP contribution is 2.65. The predicted molar refractivity (Wildman–Crippen MR) is 142 cm³/mol. The Morgan fingerprint density at radius 1 is 1.15 bits per heavy atom. The topological polar surface area (TPSA) is 136 Å². The van der Waals surface area contributed by atoms with Gasteiger partial charge >= 0.3 is 5.97 Å². The van der Waals surface area contributed by atoms with Crippen LogP contribution in [0, 0.1) is 11.8 Å². The first-order valence-electron chi connectivity index (χ1n) is 13.8. The molecule has 6 atom stereocenters. The number of hydrogen-bond acceptors (Lipinski definition) is 8. The maximum Gasteiger partial charge on any atom is 0.312 e. The molecule has 3 aliphatic rings. The molecule has 2 amide bonds. The van der Waals surface area contributed by atoms with Gasteiger partial charge in [-0.1, -0.05) is 54.6 Å². The van der Waals surface area contributed by atoms with E-state index < -0.39 is 53.6 Å². The van der Waals surface area contributed by atoms with Gasteiger partial charge in [-0.15, -0.1) is 5.10 Å². The fourth-order valence-electron chi connectivity index (χ4n) is 7.20. The minimum atomic E-state index is -1.23. The molecule has 2 unspecified atom stereocenters. The summed E-state index contributed by atoms with van der Waals surface area (Å²) in [6, 6.07) is 14.6. The van der Waals surface area contributed by atoms with E-state index >= 15 is 0 Å². The Kier molecular flexibility index (Phi) is 6.58. The van der Waals surface area contributed by atoms with Crippen molar-refractivity contribution in [3.8, 4) is 0 Å². The van der Waals surface area contributed by atoms with Crippen molar-refractivity contribution in [2.45, 2.75) is 63.1 Å². The predicted octanol–water partition coefficient (Wildman–Crippen LogP) is 1.96. The summed E-state index contributed by atoms with van der Waals surface area (Å²) in [4.78, 5) is 43.3. The molecule has 0 saturated carbocycles. The highest BCUT2D eigenvalue weighted by atomic mass is 16.6. The maximum atomic E-state index is 14.4. The molecule has 0 radical (unpaired) electrons. The van der Waals surface area contributed by atoms with E-state index in [0.29, 0.717) is 30.3 Å². The summed E-state index contributed by atoms with van der Waals surface area (Å²) in [5.41, 5.74) is 0.00266. The number of esters is 1. The number of nitrogens with one attached hydrogen (secondary N) is 1. The zero-order chi connectivity index (χ0) is 28.1. The number of aliphatic hydroxyl groups excluding tert-OH is 1. The molecule has 2 bridgehead atoms. The van der Waals surface area contributed by atoms with Gasteiger partial charge in [0.2, 0.25) is 11.8 Å². The maximum absolute atomic E-state index is 14.4. The van der Waals surface area contributed by atoms with Crippen molar-refractivity contribution in [1.29, 1.82) is 0 Å². The molecule has 3 aromatic rings. The van der Waals surface area contributed by atoms with Crippen LogP contribution in [0.25, 0.3) is 11.0 Å². The Morgan fingerprint density at radius 2 is 1.90 bits per heavy atom. The number of nitrogens with zero attached hydrogens (tertiary/aromatic N) is 4. The van der Waals surface area contributed by atoms with Crippen LogP contribution in [-0.4, -0.2) is 73.2 Å². The third-order valence-electron chi connectivity index (χ3n) is 8.92. The summed E-state index contributed by atoms with van der Waals surface area (Å²) >= 11 is 0. The van der Waals surface area contributed by atoms with E-state index in [1.165, 1.54) is 4.90 Å². The van der Waals surface area contributed by atoms with Crippen LogP contribution in [0.3, 0.4) is 0 Å². The fourth-order valence-corrected chi connectivity index (χ4v) is 7.20. The average Bonchev–Trinajstić information content (AvgIpc) is 3.70. The highest BCUT2D eigenvalue weighted by molar-refractivity contribution is 5.98. The second-order valence-electron chi connectivity index (χ2n) is 10.7. The zero-order valence-corrected chi connectivity index (χ0v) is 22.5. The summed E-state index contributed by atoms with van der Waals surface area (Å²) in [6.45, 7) is 3.45. The van der Waals surface area contributed by atoms with Crippen molar-refractivity contribution in [1.82, 2.24) is 25.2 Å². The molecule has 3 fully saturated rings. The molecular formula is C29H33N5O6. The van der Waals surface area contributed by atoms with Crippen LogP contribution in [0.15, 0.2) is 54.6 Å². The van der Waals surface area contributed by atoms with Crippen molar-refractivity contribution < 1.29 is 29.0 Å². The molecule has 210 valence electrons. The Bertz CT molecular complexity index is 1440. The number of likely N-dealkylation sites (tertiary alicyclic amines) is 1. The first kappa shape index (κ1) is 26.4. The molecule has 1 spiro atoms. The highest BCUT2D eigenvalue weighted by Gasteiger charge is 2.79. The van der Waals surface area contributed by atoms with Crippen LogP contribution < -0.4 is 5.32 Å². The molecule has 2 N–H and O–H groups in total. The molecule has 3 saturated heterocycles. The van der Waals surface area contributed by atoms with E-state index in [1.807, 2.05) is 61.5 Å². The number of rotatable bonds is 9. The van der Waals surface area contributed by atoms with Gasteiger partial charge in [0, 0.05) is 0 Å². The first-order chi connectivity index (χ1) is 19.4. The van der Waals surface area contributed by atoms with Crippen molar-refractivity contribution >= 4 is 28.8 Å². The third-order valence-corrected chi connectivity index (χ3v) is 8.92. The summed E-state index contributed by atoms with van der Waals surface area (Å²) in [5.74, 6) is -3.06. The standard InChI is InChI=1S/C29H33N5O6/c1-3-28-14-15-29(40-28)22(23(28)27(38)39-4-2)26(37)34(21(16-35)18-10-6-5-7-11-18)24(29)25(36)30-17-33-20-13-9-8-12-19(20)31-32-33/h5-13,21-24,35H,3-4,14-17H2,1-2H3,(H,30,36)/t21-,22+,23-,24?,28+,29?/m1/s1. The SMILES string of the molecule is CCOC(=O)[C@H]1[C@H]2C(=O)N([C@H](CO)c3ccccc3)C(C(=O)NCn3nnc4ccccc43)C23CC[C@]1(CC)O3. The van der Waals surface area contributed by atoms with Gasteiger partial charge in [0.05, 0.1) is 36.3 Å². The van der Waals surface area contributed by atoms with E-state index in [0.717, 1.165) is 5.52 Å². The number of amides is 2. The van der Waals surface area contributed by atoms with Gasteiger partial charge in [-0.25, -0.2) is 4.68 Å². The molecule has 0 aliphatic carbocycles. The van der Waals surface area contributed by atoms with Crippen molar-refractivity contribution in [3.05, 3.63) is 60.2 Å². The lowest BCUT2D eigenvalue weighted by Crippen LogP contribution is -2.56. The molecule has 1 aromatic heterocycles. The fraction of sp³-hybridized carbons (Fsp3) is 0.483. The quantitative estimate of drug-likeness (QED) is 0.388. The lowest BCUT2D eigenvalue weighted by molar-refractivity contribution is -0.162. The molecule has 4 heterocycles. The average molecular weight is 548 g/mol. The number of para-hydroxylation sites is 1. The number of carbonyl (C=O) groups excluding carboxylic acids is 3. The van der Waals surface area contributed by atoms with Crippen LogP contribution in [0.2, 0.25) is 0 Å². The molecule has 6 rings (SSSR count). The number of benzene rings is 2. The second kappa shape index (κ2) is 9.97. The molecule has 3 aliphatic heterocycles. The van der Waals surface area contributed by atoms with Crippen molar-refractivity contribution in [2.24, 2.45) is 11.8 Å². The van der Waals surface area contributed by atoms with Crippen LogP contribution in [0.4, 0.5) is 0 Å². The number of hydrogen-bond donors (Lipinski definition) is 2. The van der Waals surface area contributed by atoms with Crippen LogP contribution in [-0.2, 0) is 30.5 Å². The lowest BCUT2D eigenvalue weighted by Gasteiger charge is -2.37. The zero-order valence-electron chi connectivity index (χ0n) is 22.5. The van der Waals surface area contributed by atoms with Gasteiger partial charge in [0.1, 0.15) is 29.7 Å². The monoisotopic (exact) mass is 547 g/mol. The van der Waals surface area contributed by atoms with Gasteiger partial charge in [-0.05, 0) is 43.9 Å². The molecule has 2 aromatic carbocycles. The minimum Gasteiger partial charge on any atom is -0.466 e. The number of fused-ring (bicyclic) bond motifs is 2. The summed E-state index contributed by atoms with van der Waals surface area (Å²) in [6.07, 6.45) is 1.46. The van der Waals surface area contributed by atoms with Gasteiger partial charge in [-0.3, -0.25) is 14.4 Å². The van der Waals surface area contributed by atoms with E-state index in [-0.39, 0.29) is 19.2 Å². The van der Waals surface area contributed by atoms with Crippen LogP contribution in [0.1, 0.15) is 44.7 Å². The van der Waals surface area contributed by atoms with Gasteiger partial charge < -0.3 is 24.8 Å². The largest absolute Gasteiger partial charge is 0.466 e. The molecule has 40 heavy (non-hydrogen) atoms. The third kappa shape index (κ3) is 3.75. The number of aliphatic hydroxyl groups is 1. The second-order valence-corrected chi connectivity index (χ2v) is 10.7. The molecule has 11 nitrogen and oxygen atoms in total. The Balaban J connectivity index is 1.41. The van der Waals surface area contributed by atoms with Crippen LogP contribution in [0.5, 0.6) is 0 Å². The summed E-state index contributed by atoms with van der Waals surface area (Å²) in [5, 5.41) is 21.8. The van der Waals surface area contributed by atoms with E-state index in [2.05, 4.69) is 15.6 Å². The van der Waals surface area contributed by atoms with Crippen molar-refractivity contribution in [2.75, 3.05) is 13.2 Å². The van der Waals surface area contributed by atoms with E-state index in [4.69, 9.17) is 9.47 Å². The normalized spacial score (nSPS) is 29.5. The van der Waals surface area contributed by atoms with Gasteiger partial charge in [0.25, 0.3) is 0 Å². The molecular weight excluding hydrogens is 514 g/mol. The number of carbonyl (C=O) groups is 3. The first-order valence-corrected chi connectivity index (χ1v) is 13.8. The Morgan fingerprint density at radius 3 is 2.62 bits per heavy atom.